The zero-order valence-electron chi connectivity index (χ0n) is 10.2. The third kappa shape index (κ3) is 2.47. The lowest BCUT2D eigenvalue weighted by Crippen LogP contribution is -1.92. The third-order valence-electron chi connectivity index (χ3n) is 2.84. The van der Waals surface area contributed by atoms with E-state index in [2.05, 4.69) is 6.07 Å². The van der Waals surface area contributed by atoms with Gasteiger partial charge in [0.05, 0.1) is 5.56 Å². The average Bonchev–Trinajstić information content (AvgIpc) is 2.35. The Balaban J connectivity index is 2.43. The first-order valence-corrected chi connectivity index (χ1v) is 5.93. The topological polar surface area (TPSA) is 33.0 Å². The van der Waals surface area contributed by atoms with E-state index in [1.807, 2.05) is 32.0 Å². The monoisotopic (exact) mass is 257 g/mol. The molecule has 0 atom stereocenters. The van der Waals surface area contributed by atoms with Crippen LogP contribution < -0.4 is 4.74 Å². The normalized spacial score (nSPS) is 9.89. The van der Waals surface area contributed by atoms with E-state index < -0.39 is 0 Å². The lowest BCUT2D eigenvalue weighted by Gasteiger charge is -2.11. The molecule has 0 bridgehead atoms. The smallest absolute Gasteiger partial charge is 0.146 e. The van der Waals surface area contributed by atoms with Gasteiger partial charge in [-0.3, -0.25) is 0 Å². The molecule has 2 aromatic carbocycles. The predicted molar refractivity (Wildman–Crippen MR) is 72.2 cm³/mol. The second kappa shape index (κ2) is 5.12. The molecule has 0 aliphatic carbocycles. The second-order valence-corrected chi connectivity index (χ2v) is 4.49. The maximum absolute atomic E-state index is 9.04. The standard InChI is InChI=1S/C15H12ClNO/c1-10-4-3-5-14(11(10)2)18-15-8-13(16)7-6-12(15)9-17/h3-8H,1-2H3. The number of ether oxygens (including phenoxy) is 1. The van der Waals surface area contributed by atoms with E-state index in [0.717, 1.165) is 16.9 Å². The van der Waals surface area contributed by atoms with Crippen molar-refractivity contribution >= 4 is 11.6 Å². The van der Waals surface area contributed by atoms with Crippen LogP contribution in [0.3, 0.4) is 0 Å². The van der Waals surface area contributed by atoms with Crippen molar-refractivity contribution in [2.24, 2.45) is 0 Å². The van der Waals surface area contributed by atoms with Gasteiger partial charge in [0.1, 0.15) is 17.6 Å². The Kier molecular flexibility index (Phi) is 3.55. The van der Waals surface area contributed by atoms with Gasteiger partial charge in [0.15, 0.2) is 0 Å². The highest BCUT2D eigenvalue weighted by atomic mass is 35.5. The molecule has 0 heterocycles. The van der Waals surface area contributed by atoms with Gasteiger partial charge in [0.25, 0.3) is 0 Å². The molecule has 0 aliphatic rings. The number of nitrogens with zero attached hydrogens (tertiary/aromatic N) is 1. The largest absolute Gasteiger partial charge is 0.456 e. The molecule has 0 fully saturated rings. The first-order chi connectivity index (χ1) is 8.61. The van der Waals surface area contributed by atoms with Gasteiger partial charge in [-0.25, -0.2) is 0 Å². The van der Waals surface area contributed by atoms with Crippen molar-refractivity contribution in [3.63, 3.8) is 0 Å². The maximum Gasteiger partial charge on any atom is 0.146 e. The van der Waals surface area contributed by atoms with E-state index in [-0.39, 0.29) is 0 Å². The molecule has 90 valence electrons. The van der Waals surface area contributed by atoms with Gasteiger partial charge in [0.2, 0.25) is 0 Å². The number of aryl methyl sites for hydroxylation is 1. The van der Waals surface area contributed by atoms with Crippen LogP contribution in [0.1, 0.15) is 16.7 Å². The molecule has 2 nitrogen and oxygen atoms in total. The van der Waals surface area contributed by atoms with E-state index >= 15 is 0 Å². The van der Waals surface area contributed by atoms with Crippen LogP contribution in [-0.2, 0) is 0 Å². The number of nitriles is 1. The summed E-state index contributed by atoms with van der Waals surface area (Å²) in [6.45, 7) is 4.01. The van der Waals surface area contributed by atoms with Gasteiger partial charge in [-0.2, -0.15) is 5.26 Å². The summed E-state index contributed by atoms with van der Waals surface area (Å²) in [5.74, 6) is 1.23. The summed E-state index contributed by atoms with van der Waals surface area (Å²) in [6, 6.07) is 12.9. The van der Waals surface area contributed by atoms with Crippen molar-refractivity contribution in [1.82, 2.24) is 0 Å². The van der Waals surface area contributed by atoms with Gasteiger partial charge in [-0.1, -0.05) is 23.7 Å². The first kappa shape index (κ1) is 12.5. The summed E-state index contributed by atoms with van der Waals surface area (Å²) in [5, 5.41) is 9.59. The molecule has 0 aliphatic heterocycles. The van der Waals surface area contributed by atoms with Gasteiger partial charge < -0.3 is 4.74 Å². The minimum absolute atomic E-state index is 0.473. The molecule has 2 aromatic rings. The molecule has 18 heavy (non-hydrogen) atoms. The first-order valence-electron chi connectivity index (χ1n) is 5.55. The summed E-state index contributed by atoms with van der Waals surface area (Å²) in [6.07, 6.45) is 0. The molecular formula is C15H12ClNO. The SMILES string of the molecule is Cc1cccc(Oc2cc(Cl)ccc2C#N)c1C. The second-order valence-electron chi connectivity index (χ2n) is 4.05. The lowest BCUT2D eigenvalue weighted by molar-refractivity contribution is 0.477. The predicted octanol–water partition coefficient (Wildman–Crippen LogP) is 4.62. The van der Waals surface area contributed by atoms with Gasteiger partial charge in [-0.05, 0) is 43.2 Å². The van der Waals surface area contributed by atoms with Crippen molar-refractivity contribution in [2.45, 2.75) is 13.8 Å². The zero-order chi connectivity index (χ0) is 13.1. The van der Waals surface area contributed by atoms with E-state index in [4.69, 9.17) is 21.6 Å². The van der Waals surface area contributed by atoms with Crippen LogP contribution in [0.4, 0.5) is 0 Å². The highest BCUT2D eigenvalue weighted by Gasteiger charge is 2.08. The highest BCUT2D eigenvalue weighted by molar-refractivity contribution is 6.30. The molecular weight excluding hydrogens is 246 g/mol. The molecule has 0 saturated heterocycles. The molecule has 2 rings (SSSR count). The summed E-state index contributed by atoms with van der Waals surface area (Å²) in [5.41, 5.74) is 2.68. The Labute approximate surface area is 111 Å². The van der Waals surface area contributed by atoms with Crippen molar-refractivity contribution < 1.29 is 4.74 Å². The maximum atomic E-state index is 9.04. The lowest BCUT2D eigenvalue weighted by atomic mass is 10.1. The third-order valence-corrected chi connectivity index (χ3v) is 3.07. The van der Waals surface area contributed by atoms with Crippen LogP contribution >= 0.6 is 11.6 Å². The van der Waals surface area contributed by atoms with Crippen LogP contribution in [-0.4, -0.2) is 0 Å². The van der Waals surface area contributed by atoms with Crippen molar-refractivity contribution in [1.29, 1.82) is 5.26 Å². The number of rotatable bonds is 2. The Hall–Kier alpha value is -1.98. The summed E-state index contributed by atoms with van der Waals surface area (Å²) in [4.78, 5) is 0. The van der Waals surface area contributed by atoms with Crippen LogP contribution in [0.15, 0.2) is 36.4 Å². The molecule has 0 aromatic heterocycles. The number of benzene rings is 2. The average molecular weight is 258 g/mol. The summed E-state index contributed by atoms with van der Waals surface area (Å²) in [7, 11) is 0. The van der Waals surface area contributed by atoms with Gasteiger partial charge in [-0.15, -0.1) is 0 Å². The number of halogens is 1. The van der Waals surface area contributed by atoms with Crippen LogP contribution in [0.5, 0.6) is 11.5 Å². The quantitative estimate of drug-likeness (QED) is 0.786. The fraction of sp³-hybridized carbons (Fsp3) is 0.133. The van der Waals surface area contributed by atoms with Crippen molar-refractivity contribution in [3.8, 4) is 17.6 Å². The Bertz CT molecular complexity index is 629. The molecule has 0 amide bonds. The number of hydrogen-bond acceptors (Lipinski definition) is 2. The zero-order valence-corrected chi connectivity index (χ0v) is 11.0. The van der Waals surface area contributed by atoms with E-state index in [1.54, 1.807) is 18.2 Å². The van der Waals surface area contributed by atoms with Crippen molar-refractivity contribution in [3.05, 3.63) is 58.1 Å². The fourth-order valence-corrected chi connectivity index (χ4v) is 1.79. The summed E-state index contributed by atoms with van der Waals surface area (Å²) < 4.78 is 5.79. The molecule has 0 N–H and O–H groups in total. The van der Waals surface area contributed by atoms with E-state index in [1.165, 1.54) is 0 Å². The highest BCUT2D eigenvalue weighted by Crippen LogP contribution is 2.30. The van der Waals surface area contributed by atoms with E-state index in [9.17, 15) is 0 Å². The molecule has 0 spiro atoms. The number of hydrogen-bond donors (Lipinski definition) is 0. The minimum atomic E-state index is 0.473. The van der Waals surface area contributed by atoms with Crippen LogP contribution in [0.25, 0.3) is 0 Å². The summed E-state index contributed by atoms with van der Waals surface area (Å²) >= 11 is 5.92. The molecule has 0 unspecified atom stereocenters. The molecule has 0 saturated carbocycles. The minimum Gasteiger partial charge on any atom is -0.456 e. The molecule has 0 radical (unpaired) electrons. The Morgan fingerprint density at radius 1 is 1.11 bits per heavy atom. The Morgan fingerprint density at radius 3 is 2.61 bits per heavy atom. The van der Waals surface area contributed by atoms with Gasteiger partial charge in [0, 0.05) is 11.1 Å². The molecule has 3 heteroatoms. The Morgan fingerprint density at radius 2 is 1.89 bits per heavy atom. The van der Waals surface area contributed by atoms with E-state index in [0.29, 0.717) is 16.3 Å². The fourth-order valence-electron chi connectivity index (χ4n) is 1.63. The van der Waals surface area contributed by atoms with Crippen LogP contribution in [0.2, 0.25) is 5.02 Å². The van der Waals surface area contributed by atoms with Crippen molar-refractivity contribution in [2.75, 3.05) is 0 Å². The van der Waals surface area contributed by atoms with Crippen LogP contribution in [0, 0.1) is 25.2 Å². The van der Waals surface area contributed by atoms with Gasteiger partial charge >= 0.3 is 0 Å².